The lowest BCUT2D eigenvalue weighted by Gasteiger charge is -2.11. The molecule has 0 spiro atoms. The zero-order chi connectivity index (χ0) is 13.9. The van der Waals surface area contributed by atoms with E-state index in [0.717, 1.165) is 6.54 Å². The third kappa shape index (κ3) is 2.77. The molecular weight excluding hydrogens is 359 g/mol. The van der Waals surface area contributed by atoms with E-state index in [1.165, 1.54) is 31.2 Å². The molecule has 2 aromatic carbocycles. The van der Waals surface area contributed by atoms with Crippen molar-refractivity contribution in [2.24, 2.45) is 0 Å². The molecule has 0 bridgehead atoms. The lowest BCUT2D eigenvalue weighted by molar-refractivity contribution is 1.13. The second-order valence-electron chi connectivity index (χ2n) is 4.83. The molecule has 0 aliphatic rings. The Labute approximate surface area is 132 Å². The van der Waals surface area contributed by atoms with Crippen molar-refractivity contribution in [3.05, 3.63) is 69.6 Å². The molecule has 0 unspecified atom stereocenters. The molecule has 2 nitrogen and oxygen atoms in total. The summed E-state index contributed by atoms with van der Waals surface area (Å²) in [5, 5.41) is 5.95. The summed E-state index contributed by atoms with van der Waals surface area (Å²) < 4.78 is 1.26. The van der Waals surface area contributed by atoms with Gasteiger partial charge in [0.25, 0.3) is 0 Å². The largest absolute Gasteiger partial charge is 0.381 e. The second-order valence-corrected chi connectivity index (χ2v) is 6.08. The van der Waals surface area contributed by atoms with Crippen molar-refractivity contribution in [2.45, 2.75) is 13.5 Å². The second kappa shape index (κ2) is 5.79. The molecule has 1 N–H and O–H groups in total. The van der Waals surface area contributed by atoms with Gasteiger partial charge < -0.3 is 5.32 Å². The van der Waals surface area contributed by atoms with Gasteiger partial charge in [0.2, 0.25) is 0 Å². The van der Waals surface area contributed by atoms with Crippen LogP contribution in [0.3, 0.4) is 0 Å². The lowest BCUT2D eigenvalue weighted by Crippen LogP contribution is -2.02. The molecule has 20 heavy (non-hydrogen) atoms. The van der Waals surface area contributed by atoms with Crippen molar-refractivity contribution in [1.29, 1.82) is 0 Å². The highest BCUT2D eigenvalue weighted by molar-refractivity contribution is 14.1. The smallest absolute Gasteiger partial charge is 0.0422 e. The SMILES string of the molecule is Cc1cc(I)ccc1NCc1cncc2ccccc12. The molecule has 0 aliphatic carbocycles. The topological polar surface area (TPSA) is 24.9 Å². The Morgan fingerprint density at radius 3 is 2.80 bits per heavy atom. The Morgan fingerprint density at radius 1 is 1.10 bits per heavy atom. The number of nitrogens with zero attached hydrogens (tertiary/aromatic N) is 1. The van der Waals surface area contributed by atoms with Crippen molar-refractivity contribution in [2.75, 3.05) is 5.32 Å². The summed E-state index contributed by atoms with van der Waals surface area (Å²) in [6.07, 6.45) is 3.85. The summed E-state index contributed by atoms with van der Waals surface area (Å²) in [7, 11) is 0. The van der Waals surface area contributed by atoms with Gasteiger partial charge in [-0.25, -0.2) is 0 Å². The number of anilines is 1. The van der Waals surface area contributed by atoms with Gasteiger partial charge in [-0.3, -0.25) is 4.98 Å². The zero-order valence-electron chi connectivity index (χ0n) is 11.2. The van der Waals surface area contributed by atoms with E-state index in [0.29, 0.717) is 0 Å². The standard InChI is InChI=1S/C17H15IN2/c1-12-8-15(18)6-7-17(12)20-11-14-10-19-9-13-4-2-3-5-16(13)14/h2-10,20H,11H2,1H3. The van der Waals surface area contributed by atoms with E-state index in [4.69, 9.17) is 0 Å². The fourth-order valence-corrected chi connectivity index (χ4v) is 2.98. The van der Waals surface area contributed by atoms with E-state index in [9.17, 15) is 0 Å². The molecule has 1 aromatic heterocycles. The molecule has 100 valence electrons. The summed E-state index contributed by atoms with van der Waals surface area (Å²) >= 11 is 2.34. The summed E-state index contributed by atoms with van der Waals surface area (Å²) in [5.74, 6) is 0. The van der Waals surface area contributed by atoms with E-state index in [2.05, 4.69) is 76.2 Å². The quantitative estimate of drug-likeness (QED) is 0.669. The van der Waals surface area contributed by atoms with Gasteiger partial charge in [-0.05, 0) is 64.2 Å². The van der Waals surface area contributed by atoms with Gasteiger partial charge in [0.15, 0.2) is 0 Å². The van der Waals surface area contributed by atoms with Crippen molar-refractivity contribution >= 4 is 39.1 Å². The minimum atomic E-state index is 0.787. The van der Waals surface area contributed by atoms with Crippen LogP contribution >= 0.6 is 22.6 Å². The fourth-order valence-electron chi connectivity index (χ4n) is 2.34. The molecule has 3 aromatic rings. The number of aromatic nitrogens is 1. The zero-order valence-corrected chi connectivity index (χ0v) is 13.4. The van der Waals surface area contributed by atoms with Crippen LogP contribution in [-0.2, 0) is 6.54 Å². The minimum Gasteiger partial charge on any atom is -0.381 e. The average Bonchev–Trinajstić information content (AvgIpc) is 2.46. The van der Waals surface area contributed by atoms with Crippen LogP contribution in [-0.4, -0.2) is 4.98 Å². The Hall–Kier alpha value is -1.62. The molecule has 0 saturated carbocycles. The maximum Gasteiger partial charge on any atom is 0.0422 e. The number of hydrogen-bond donors (Lipinski definition) is 1. The molecule has 0 amide bonds. The maximum atomic E-state index is 4.32. The van der Waals surface area contributed by atoms with Crippen molar-refractivity contribution in [3.63, 3.8) is 0 Å². The molecule has 3 rings (SSSR count). The van der Waals surface area contributed by atoms with E-state index in [1.54, 1.807) is 0 Å². The Balaban J connectivity index is 1.87. The van der Waals surface area contributed by atoms with Gasteiger partial charge in [0, 0.05) is 33.6 Å². The van der Waals surface area contributed by atoms with Crippen molar-refractivity contribution in [1.82, 2.24) is 4.98 Å². The molecule has 0 saturated heterocycles. The van der Waals surface area contributed by atoms with E-state index in [1.807, 2.05) is 18.5 Å². The summed E-state index contributed by atoms with van der Waals surface area (Å²) in [5.41, 5.74) is 3.67. The first-order chi connectivity index (χ1) is 9.74. The maximum absolute atomic E-state index is 4.32. The normalized spacial score (nSPS) is 10.7. The van der Waals surface area contributed by atoms with Crippen LogP contribution in [0, 0.1) is 10.5 Å². The van der Waals surface area contributed by atoms with Crippen LogP contribution in [0.5, 0.6) is 0 Å². The first-order valence-electron chi connectivity index (χ1n) is 6.56. The van der Waals surface area contributed by atoms with Crippen LogP contribution in [0.15, 0.2) is 54.9 Å². The van der Waals surface area contributed by atoms with E-state index >= 15 is 0 Å². The monoisotopic (exact) mass is 374 g/mol. The number of fused-ring (bicyclic) bond motifs is 1. The summed E-state index contributed by atoms with van der Waals surface area (Å²) in [6.45, 7) is 2.92. The van der Waals surface area contributed by atoms with Crippen LogP contribution in [0.1, 0.15) is 11.1 Å². The molecule has 0 atom stereocenters. The van der Waals surface area contributed by atoms with Crippen LogP contribution in [0.25, 0.3) is 10.8 Å². The summed E-state index contributed by atoms with van der Waals surface area (Å²) in [6, 6.07) is 14.8. The Kier molecular flexibility index (Phi) is 3.87. The Morgan fingerprint density at radius 2 is 1.95 bits per heavy atom. The lowest BCUT2D eigenvalue weighted by atomic mass is 10.1. The number of pyridine rings is 1. The van der Waals surface area contributed by atoms with Crippen LogP contribution in [0.2, 0.25) is 0 Å². The first-order valence-corrected chi connectivity index (χ1v) is 7.63. The van der Waals surface area contributed by atoms with Crippen LogP contribution in [0.4, 0.5) is 5.69 Å². The highest BCUT2D eigenvalue weighted by Crippen LogP contribution is 2.21. The van der Waals surface area contributed by atoms with Gasteiger partial charge in [0.05, 0.1) is 0 Å². The number of nitrogens with one attached hydrogen (secondary N) is 1. The van der Waals surface area contributed by atoms with Crippen LogP contribution < -0.4 is 5.32 Å². The molecule has 0 radical (unpaired) electrons. The van der Waals surface area contributed by atoms with Gasteiger partial charge in [0.1, 0.15) is 0 Å². The number of benzene rings is 2. The number of aryl methyl sites for hydroxylation is 1. The van der Waals surface area contributed by atoms with Crippen molar-refractivity contribution < 1.29 is 0 Å². The highest BCUT2D eigenvalue weighted by Gasteiger charge is 2.03. The van der Waals surface area contributed by atoms with Crippen molar-refractivity contribution in [3.8, 4) is 0 Å². The van der Waals surface area contributed by atoms with Gasteiger partial charge in [-0.15, -0.1) is 0 Å². The average molecular weight is 374 g/mol. The number of hydrogen-bond acceptors (Lipinski definition) is 2. The third-order valence-electron chi connectivity index (χ3n) is 3.41. The van der Waals surface area contributed by atoms with E-state index < -0.39 is 0 Å². The molecule has 1 heterocycles. The molecule has 3 heteroatoms. The van der Waals surface area contributed by atoms with E-state index in [-0.39, 0.29) is 0 Å². The van der Waals surface area contributed by atoms with Gasteiger partial charge in [-0.1, -0.05) is 24.3 Å². The van der Waals surface area contributed by atoms with Gasteiger partial charge >= 0.3 is 0 Å². The predicted molar refractivity (Wildman–Crippen MR) is 93.0 cm³/mol. The molecule has 0 aliphatic heterocycles. The summed E-state index contributed by atoms with van der Waals surface area (Å²) in [4.78, 5) is 4.32. The highest BCUT2D eigenvalue weighted by atomic mass is 127. The van der Waals surface area contributed by atoms with Gasteiger partial charge in [-0.2, -0.15) is 0 Å². The Bertz CT molecular complexity index is 748. The fraction of sp³-hybridized carbons (Fsp3) is 0.118. The minimum absolute atomic E-state index is 0.787. The number of halogens is 1. The number of rotatable bonds is 3. The molecular formula is C17H15IN2. The third-order valence-corrected chi connectivity index (χ3v) is 4.08. The molecule has 0 fully saturated rings. The predicted octanol–water partition coefficient (Wildman–Crippen LogP) is 4.76. The first kappa shape index (κ1) is 13.4.